The molecule has 0 aromatic rings. The molecule has 1 aliphatic rings. The van der Waals surface area contributed by atoms with Crippen molar-refractivity contribution in [3.8, 4) is 0 Å². The first-order chi connectivity index (χ1) is 7.43. The molecule has 5 nitrogen and oxygen atoms in total. The highest BCUT2D eigenvalue weighted by molar-refractivity contribution is 7.88. The minimum atomic E-state index is -3.18. The van der Waals surface area contributed by atoms with Crippen LogP contribution in [0.3, 0.4) is 0 Å². The average Bonchev–Trinajstić information content (AvgIpc) is 2.94. The summed E-state index contributed by atoms with van der Waals surface area (Å²) < 4.78 is 24.1. The third-order valence-electron chi connectivity index (χ3n) is 2.47. The largest absolute Gasteiger partial charge is 0.353 e. The van der Waals surface area contributed by atoms with Gasteiger partial charge in [0.2, 0.25) is 15.9 Å². The Balaban J connectivity index is 2.33. The summed E-state index contributed by atoms with van der Waals surface area (Å²) >= 11 is 0. The van der Waals surface area contributed by atoms with Crippen LogP contribution >= 0.6 is 0 Å². The van der Waals surface area contributed by atoms with E-state index in [1.807, 2.05) is 6.92 Å². The van der Waals surface area contributed by atoms with Gasteiger partial charge in [0.15, 0.2) is 0 Å². The number of hydrogen-bond donors (Lipinski definition) is 1. The van der Waals surface area contributed by atoms with Crippen molar-refractivity contribution in [2.45, 2.75) is 38.6 Å². The fraction of sp³-hybridized carbons (Fsp3) is 0.900. The molecule has 0 aromatic heterocycles. The Bertz CT molecular complexity index is 336. The van der Waals surface area contributed by atoms with Crippen LogP contribution in [0.15, 0.2) is 0 Å². The highest BCUT2D eigenvalue weighted by atomic mass is 32.2. The lowest BCUT2D eigenvalue weighted by Crippen LogP contribution is -2.35. The van der Waals surface area contributed by atoms with Gasteiger partial charge in [0.25, 0.3) is 0 Å². The number of nitrogens with one attached hydrogen (secondary N) is 1. The molecule has 0 unspecified atom stereocenters. The molecule has 6 heteroatoms. The van der Waals surface area contributed by atoms with E-state index >= 15 is 0 Å². The van der Waals surface area contributed by atoms with Crippen LogP contribution in [-0.4, -0.2) is 44.0 Å². The van der Waals surface area contributed by atoms with E-state index in [-0.39, 0.29) is 18.9 Å². The maximum atomic E-state index is 11.4. The highest BCUT2D eigenvalue weighted by Gasteiger charge is 2.24. The summed E-state index contributed by atoms with van der Waals surface area (Å²) in [5.41, 5.74) is 0. The van der Waals surface area contributed by atoms with Gasteiger partial charge in [-0.15, -0.1) is 0 Å². The summed E-state index contributed by atoms with van der Waals surface area (Å²) in [7, 11) is -3.18. The summed E-state index contributed by atoms with van der Waals surface area (Å²) in [6.07, 6.45) is 4.30. The van der Waals surface area contributed by atoms with Gasteiger partial charge in [-0.1, -0.05) is 6.92 Å². The standard InChI is InChI=1S/C10H20N2O3S/c1-3-7-12(16(2,14)15)8-6-10(13)11-9-4-5-9/h9H,3-8H2,1-2H3,(H,11,13). The van der Waals surface area contributed by atoms with Gasteiger partial charge in [0.1, 0.15) is 0 Å². The number of sulfonamides is 1. The maximum absolute atomic E-state index is 11.4. The van der Waals surface area contributed by atoms with Gasteiger partial charge in [-0.3, -0.25) is 4.79 Å². The Labute approximate surface area is 97.2 Å². The van der Waals surface area contributed by atoms with Crippen LogP contribution in [0.5, 0.6) is 0 Å². The molecule has 1 amide bonds. The zero-order valence-electron chi connectivity index (χ0n) is 9.90. The number of carbonyl (C=O) groups is 1. The Morgan fingerprint density at radius 1 is 1.38 bits per heavy atom. The van der Waals surface area contributed by atoms with Crippen molar-refractivity contribution in [1.82, 2.24) is 9.62 Å². The smallest absolute Gasteiger partial charge is 0.221 e. The fourth-order valence-corrected chi connectivity index (χ4v) is 2.38. The molecule has 1 aliphatic carbocycles. The molecular weight excluding hydrogens is 228 g/mol. The molecule has 0 aliphatic heterocycles. The van der Waals surface area contributed by atoms with E-state index in [1.165, 1.54) is 10.6 Å². The van der Waals surface area contributed by atoms with E-state index in [9.17, 15) is 13.2 Å². The van der Waals surface area contributed by atoms with Crippen molar-refractivity contribution < 1.29 is 13.2 Å². The van der Waals surface area contributed by atoms with E-state index < -0.39 is 10.0 Å². The first-order valence-corrected chi connectivity index (χ1v) is 7.52. The summed E-state index contributed by atoms with van der Waals surface area (Å²) in [6.45, 7) is 2.68. The van der Waals surface area contributed by atoms with Gasteiger partial charge in [0, 0.05) is 25.6 Å². The Hall–Kier alpha value is -0.620. The van der Waals surface area contributed by atoms with E-state index in [1.54, 1.807) is 0 Å². The molecule has 1 N–H and O–H groups in total. The van der Waals surface area contributed by atoms with Crippen LogP contribution in [0.2, 0.25) is 0 Å². The third-order valence-corrected chi connectivity index (χ3v) is 3.78. The van der Waals surface area contributed by atoms with Gasteiger partial charge >= 0.3 is 0 Å². The van der Waals surface area contributed by atoms with Crippen molar-refractivity contribution in [1.29, 1.82) is 0 Å². The Morgan fingerprint density at radius 2 is 2.00 bits per heavy atom. The van der Waals surface area contributed by atoms with Crippen LogP contribution in [-0.2, 0) is 14.8 Å². The van der Waals surface area contributed by atoms with Gasteiger partial charge in [-0.2, -0.15) is 0 Å². The lowest BCUT2D eigenvalue weighted by atomic mass is 10.3. The molecule has 0 radical (unpaired) electrons. The topological polar surface area (TPSA) is 66.5 Å². The van der Waals surface area contributed by atoms with Crippen molar-refractivity contribution in [3.05, 3.63) is 0 Å². The van der Waals surface area contributed by atoms with Gasteiger partial charge in [-0.25, -0.2) is 12.7 Å². The molecule has 1 fully saturated rings. The van der Waals surface area contributed by atoms with Gasteiger partial charge in [0.05, 0.1) is 6.26 Å². The summed E-state index contributed by atoms with van der Waals surface area (Å²) in [4.78, 5) is 11.4. The van der Waals surface area contributed by atoms with E-state index in [0.29, 0.717) is 12.6 Å². The zero-order chi connectivity index (χ0) is 12.2. The molecule has 0 atom stereocenters. The second kappa shape index (κ2) is 5.63. The molecule has 1 rings (SSSR count). The molecule has 0 bridgehead atoms. The molecule has 1 saturated carbocycles. The van der Waals surface area contributed by atoms with Crippen LogP contribution in [0.25, 0.3) is 0 Å². The fourth-order valence-electron chi connectivity index (χ4n) is 1.45. The summed E-state index contributed by atoms with van der Waals surface area (Å²) in [5.74, 6) is -0.0488. The Kier molecular flexibility index (Phi) is 4.73. The van der Waals surface area contributed by atoms with Crippen LogP contribution in [0.1, 0.15) is 32.6 Å². The number of carbonyl (C=O) groups excluding carboxylic acids is 1. The van der Waals surface area contributed by atoms with Crippen molar-refractivity contribution in [3.63, 3.8) is 0 Å². The van der Waals surface area contributed by atoms with Crippen molar-refractivity contribution in [2.75, 3.05) is 19.3 Å². The van der Waals surface area contributed by atoms with Crippen LogP contribution < -0.4 is 5.32 Å². The molecule has 0 spiro atoms. The quantitative estimate of drug-likeness (QED) is 0.706. The monoisotopic (exact) mass is 248 g/mol. The summed E-state index contributed by atoms with van der Waals surface area (Å²) in [6, 6.07) is 0.338. The van der Waals surface area contributed by atoms with Crippen LogP contribution in [0.4, 0.5) is 0 Å². The second-order valence-corrected chi connectivity index (χ2v) is 6.24. The van der Waals surface area contributed by atoms with Crippen molar-refractivity contribution >= 4 is 15.9 Å². The number of rotatable bonds is 7. The zero-order valence-corrected chi connectivity index (χ0v) is 10.7. The molecular formula is C10H20N2O3S. The second-order valence-electron chi connectivity index (χ2n) is 4.25. The number of amides is 1. The molecule has 16 heavy (non-hydrogen) atoms. The van der Waals surface area contributed by atoms with Gasteiger partial charge in [-0.05, 0) is 19.3 Å². The lowest BCUT2D eigenvalue weighted by molar-refractivity contribution is -0.121. The minimum Gasteiger partial charge on any atom is -0.353 e. The van der Waals surface area contributed by atoms with Crippen molar-refractivity contribution in [2.24, 2.45) is 0 Å². The Morgan fingerprint density at radius 3 is 2.44 bits per heavy atom. The lowest BCUT2D eigenvalue weighted by Gasteiger charge is -2.18. The molecule has 0 saturated heterocycles. The van der Waals surface area contributed by atoms with Gasteiger partial charge < -0.3 is 5.32 Å². The highest BCUT2D eigenvalue weighted by Crippen LogP contribution is 2.18. The van der Waals surface area contributed by atoms with E-state index in [2.05, 4.69) is 5.32 Å². The predicted molar refractivity (Wildman–Crippen MR) is 62.5 cm³/mol. The van der Waals surface area contributed by atoms with E-state index in [4.69, 9.17) is 0 Å². The average molecular weight is 248 g/mol. The minimum absolute atomic E-state index is 0.0488. The molecule has 0 heterocycles. The molecule has 0 aromatic carbocycles. The first-order valence-electron chi connectivity index (χ1n) is 5.68. The SMILES string of the molecule is CCCN(CCC(=O)NC1CC1)S(C)(=O)=O. The normalized spacial score (nSPS) is 16.4. The molecule has 94 valence electrons. The third kappa shape index (κ3) is 4.94. The van der Waals surface area contributed by atoms with Crippen LogP contribution in [0, 0.1) is 0 Å². The van der Waals surface area contributed by atoms with E-state index in [0.717, 1.165) is 19.3 Å². The first kappa shape index (κ1) is 13.4. The number of nitrogens with zero attached hydrogens (tertiary/aromatic N) is 1. The predicted octanol–water partition coefficient (Wildman–Crippen LogP) is 0.327. The maximum Gasteiger partial charge on any atom is 0.221 e. The summed E-state index contributed by atoms with van der Waals surface area (Å²) in [5, 5.41) is 2.84. The number of hydrogen-bond acceptors (Lipinski definition) is 3.